The number of aromatic nitrogens is 2. The molecule has 6 heteroatoms. The van der Waals surface area contributed by atoms with Crippen LogP contribution in [0.1, 0.15) is 27.2 Å². The zero-order valence-electron chi connectivity index (χ0n) is 12.7. The molecule has 1 aromatic heterocycles. The van der Waals surface area contributed by atoms with Crippen LogP contribution < -0.4 is 10.2 Å². The number of hydrogen-bond acceptors (Lipinski definition) is 6. The van der Waals surface area contributed by atoms with E-state index < -0.39 is 0 Å². The number of anilines is 2. The number of thioether (sulfide) groups is 2. The van der Waals surface area contributed by atoms with Gasteiger partial charge in [-0.3, -0.25) is 0 Å². The third-order valence-electron chi connectivity index (χ3n) is 3.17. The van der Waals surface area contributed by atoms with Gasteiger partial charge in [0.25, 0.3) is 0 Å². The van der Waals surface area contributed by atoms with E-state index in [1.165, 1.54) is 0 Å². The van der Waals surface area contributed by atoms with Gasteiger partial charge in [-0.25, -0.2) is 9.97 Å². The third-order valence-corrected chi connectivity index (χ3v) is 4.95. The highest BCUT2D eigenvalue weighted by molar-refractivity contribution is 8.00. The summed E-state index contributed by atoms with van der Waals surface area (Å²) in [5.41, 5.74) is 0. The minimum atomic E-state index is 0.651. The molecule has 1 aliphatic heterocycles. The molecular weight excluding hydrogens is 288 g/mol. The molecule has 0 aromatic carbocycles. The van der Waals surface area contributed by atoms with Gasteiger partial charge in [-0.1, -0.05) is 32.5 Å². The van der Waals surface area contributed by atoms with Crippen LogP contribution >= 0.6 is 23.5 Å². The van der Waals surface area contributed by atoms with E-state index in [9.17, 15) is 0 Å². The lowest BCUT2D eigenvalue weighted by Gasteiger charge is -2.35. The summed E-state index contributed by atoms with van der Waals surface area (Å²) in [5.74, 6) is 2.00. The molecule has 0 saturated carbocycles. The van der Waals surface area contributed by atoms with Gasteiger partial charge in [0, 0.05) is 36.2 Å². The second-order valence-electron chi connectivity index (χ2n) is 5.19. The van der Waals surface area contributed by atoms with Crippen LogP contribution in [-0.4, -0.2) is 46.4 Å². The summed E-state index contributed by atoms with van der Waals surface area (Å²) in [6.45, 7) is 9.82. The van der Waals surface area contributed by atoms with E-state index >= 15 is 0 Å². The topological polar surface area (TPSA) is 41.0 Å². The zero-order chi connectivity index (χ0) is 14.5. The van der Waals surface area contributed by atoms with Crippen molar-refractivity contribution in [3.05, 3.63) is 6.07 Å². The summed E-state index contributed by atoms with van der Waals surface area (Å²) in [4.78, 5) is 11.6. The molecule has 1 fully saturated rings. The van der Waals surface area contributed by atoms with E-state index in [2.05, 4.69) is 58.8 Å². The normalized spacial score (nSPS) is 22.9. The van der Waals surface area contributed by atoms with Crippen LogP contribution in [0.25, 0.3) is 0 Å². The molecule has 1 saturated heterocycles. The molecule has 1 aliphatic rings. The maximum Gasteiger partial charge on any atom is 0.191 e. The lowest BCUT2D eigenvalue weighted by molar-refractivity contribution is 0.710. The monoisotopic (exact) mass is 312 g/mol. The van der Waals surface area contributed by atoms with Crippen LogP contribution in [0.3, 0.4) is 0 Å². The fourth-order valence-electron chi connectivity index (χ4n) is 2.37. The van der Waals surface area contributed by atoms with Gasteiger partial charge >= 0.3 is 0 Å². The van der Waals surface area contributed by atoms with Crippen molar-refractivity contribution in [2.75, 3.05) is 36.1 Å². The summed E-state index contributed by atoms with van der Waals surface area (Å²) in [6, 6.07) is 2.09. The Hall–Kier alpha value is -0.620. The van der Waals surface area contributed by atoms with E-state index in [0.717, 1.165) is 42.8 Å². The Morgan fingerprint density at radius 2 is 2.05 bits per heavy atom. The summed E-state index contributed by atoms with van der Waals surface area (Å²) < 4.78 is 0. The van der Waals surface area contributed by atoms with E-state index in [1.54, 1.807) is 11.8 Å². The molecule has 2 heterocycles. The first-order chi connectivity index (χ1) is 9.62. The van der Waals surface area contributed by atoms with Crippen molar-refractivity contribution in [1.29, 1.82) is 0 Å². The van der Waals surface area contributed by atoms with Crippen LogP contribution in [-0.2, 0) is 0 Å². The van der Waals surface area contributed by atoms with Gasteiger partial charge in [0.15, 0.2) is 5.16 Å². The second-order valence-corrected chi connectivity index (χ2v) is 7.84. The first-order valence-corrected chi connectivity index (χ1v) is 9.36. The van der Waals surface area contributed by atoms with E-state index in [-0.39, 0.29) is 0 Å². The van der Waals surface area contributed by atoms with Gasteiger partial charge < -0.3 is 10.2 Å². The molecule has 0 bridgehead atoms. The van der Waals surface area contributed by atoms with E-state index in [0.29, 0.717) is 10.5 Å². The summed E-state index contributed by atoms with van der Waals surface area (Å²) in [7, 11) is 0. The Morgan fingerprint density at radius 1 is 1.35 bits per heavy atom. The lowest BCUT2D eigenvalue weighted by atomic mass is 10.3. The fourth-order valence-corrected chi connectivity index (χ4v) is 4.07. The Labute approximate surface area is 130 Å². The standard InChI is InChI=1S/C14H24N4S2/c1-5-6-15-12-7-13(17-14(16-12)19-4)18-8-10(2)20-11(3)9-18/h7,10-11H,5-6,8-9H2,1-4H3,(H,15,16,17). The van der Waals surface area contributed by atoms with E-state index in [4.69, 9.17) is 0 Å². The number of nitrogens with zero attached hydrogens (tertiary/aromatic N) is 3. The summed E-state index contributed by atoms with van der Waals surface area (Å²) in [6.07, 6.45) is 3.13. The number of nitrogens with one attached hydrogen (secondary N) is 1. The SMILES string of the molecule is CCCNc1cc(N2CC(C)SC(C)C2)nc(SC)n1. The molecule has 112 valence electrons. The molecule has 2 rings (SSSR count). The Morgan fingerprint density at radius 3 is 2.65 bits per heavy atom. The lowest BCUT2D eigenvalue weighted by Crippen LogP contribution is -2.41. The van der Waals surface area contributed by atoms with Crippen molar-refractivity contribution < 1.29 is 0 Å². The second kappa shape index (κ2) is 7.41. The van der Waals surface area contributed by atoms with Gasteiger partial charge in [0.1, 0.15) is 11.6 Å². The maximum atomic E-state index is 4.68. The maximum absolute atomic E-state index is 4.68. The number of hydrogen-bond donors (Lipinski definition) is 1. The van der Waals surface area contributed by atoms with Crippen LogP contribution in [0.2, 0.25) is 0 Å². The zero-order valence-corrected chi connectivity index (χ0v) is 14.4. The minimum absolute atomic E-state index is 0.651. The van der Waals surface area contributed by atoms with Crippen LogP contribution in [0, 0.1) is 0 Å². The Bertz CT molecular complexity index is 431. The van der Waals surface area contributed by atoms with E-state index in [1.807, 2.05) is 6.26 Å². The molecular formula is C14H24N4S2. The van der Waals surface area contributed by atoms with Gasteiger partial charge in [0.2, 0.25) is 0 Å². The molecule has 20 heavy (non-hydrogen) atoms. The smallest absolute Gasteiger partial charge is 0.191 e. The van der Waals surface area contributed by atoms with Crippen molar-refractivity contribution in [2.45, 2.75) is 42.8 Å². The molecule has 0 aliphatic carbocycles. The minimum Gasteiger partial charge on any atom is -0.370 e. The van der Waals surface area contributed by atoms with Gasteiger partial charge in [0.05, 0.1) is 0 Å². The van der Waals surface area contributed by atoms with Gasteiger partial charge in [-0.2, -0.15) is 11.8 Å². The third kappa shape index (κ3) is 4.19. The molecule has 2 unspecified atom stereocenters. The number of rotatable bonds is 5. The first kappa shape index (κ1) is 15.8. The van der Waals surface area contributed by atoms with Crippen molar-refractivity contribution in [3.8, 4) is 0 Å². The highest BCUT2D eigenvalue weighted by atomic mass is 32.2. The summed E-state index contributed by atoms with van der Waals surface area (Å²) >= 11 is 3.66. The Balaban J connectivity index is 2.20. The quantitative estimate of drug-likeness (QED) is 0.664. The highest BCUT2D eigenvalue weighted by Gasteiger charge is 2.24. The fraction of sp³-hybridized carbons (Fsp3) is 0.714. The van der Waals surface area contributed by atoms with Crippen LogP contribution in [0.5, 0.6) is 0 Å². The van der Waals surface area contributed by atoms with Crippen molar-refractivity contribution in [3.63, 3.8) is 0 Å². The average Bonchev–Trinajstić information content (AvgIpc) is 2.43. The molecule has 2 atom stereocenters. The molecule has 0 spiro atoms. The summed E-state index contributed by atoms with van der Waals surface area (Å²) in [5, 5.41) is 5.52. The Kier molecular flexibility index (Phi) is 5.84. The highest BCUT2D eigenvalue weighted by Crippen LogP contribution is 2.29. The predicted octanol–water partition coefficient (Wildman–Crippen LogP) is 3.35. The van der Waals surface area contributed by atoms with Gasteiger partial charge in [-0.05, 0) is 12.7 Å². The first-order valence-electron chi connectivity index (χ1n) is 7.19. The van der Waals surface area contributed by atoms with Crippen molar-refractivity contribution >= 4 is 35.2 Å². The van der Waals surface area contributed by atoms with Crippen molar-refractivity contribution in [1.82, 2.24) is 9.97 Å². The molecule has 0 amide bonds. The molecule has 1 N–H and O–H groups in total. The van der Waals surface area contributed by atoms with Crippen molar-refractivity contribution in [2.24, 2.45) is 0 Å². The average molecular weight is 313 g/mol. The molecule has 4 nitrogen and oxygen atoms in total. The predicted molar refractivity (Wildman–Crippen MR) is 91.3 cm³/mol. The molecule has 0 radical (unpaired) electrons. The molecule has 1 aromatic rings. The van der Waals surface area contributed by atoms with Crippen LogP contribution in [0.4, 0.5) is 11.6 Å². The van der Waals surface area contributed by atoms with Crippen LogP contribution in [0.15, 0.2) is 11.2 Å². The largest absolute Gasteiger partial charge is 0.370 e. The van der Waals surface area contributed by atoms with Gasteiger partial charge in [-0.15, -0.1) is 0 Å².